The van der Waals surface area contributed by atoms with Crippen molar-refractivity contribution in [3.63, 3.8) is 0 Å². The molecule has 0 unspecified atom stereocenters. The van der Waals surface area contributed by atoms with Gasteiger partial charge in [0.25, 0.3) is 11.7 Å². The van der Waals surface area contributed by atoms with Gasteiger partial charge < -0.3 is 5.32 Å². The van der Waals surface area contributed by atoms with Crippen molar-refractivity contribution >= 4 is 11.6 Å². The van der Waals surface area contributed by atoms with Crippen molar-refractivity contribution in [2.45, 2.75) is 46.2 Å². The van der Waals surface area contributed by atoms with Crippen molar-refractivity contribution in [1.82, 2.24) is 4.57 Å². The molecule has 1 amide bonds. The van der Waals surface area contributed by atoms with Gasteiger partial charge in [-0.2, -0.15) is 0 Å². The van der Waals surface area contributed by atoms with Crippen molar-refractivity contribution < 1.29 is 9.36 Å². The molecule has 4 heteroatoms. The highest BCUT2D eigenvalue weighted by molar-refractivity contribution is 5.90. The fraction of sp³-hybridized carbons (Fsp3) is 0.304. The number of amides is 1. The molecule has 27 heavy (non-hydrogen) atoms. The lowest BCUT2D eigenvalue weighted by Gasteiger charge is -2.08. The molecule has 0 radical (unpaired) electrons. The first-order valence-corrected chi connectivity index (χ1v) is 9.72. The number of aryl methyl sites for hydroxylation is 2. The Morgan fingerprint density at radius 3 is 2.70 bits per heavy atom. The lowest BCUT2D eigenvalue weighted by Crippen LogP contribution is -2.42. The summed E-state index contributed by atoms with van der Waals surface area (Å²) in [4.78, 5) is 12.7. The van der Waals surface area contributed by atoms with E-state index in [1.165, 1.54) is 28.2 Å². The second kappa shape index (κ2) is 7.39. The number of hydrogen-bond acceptors (Lipinski definition) is 1. The van der Waals surface area contributed by atoms with E-state index < -0.39 is 0 Å². The zero-order valence-electron chi connectivity index (χ0n) is 16.0. The number of imidazole rings is 1. The number of fused-ring (bicyclic) bond motifs is 1. The molecule has 0 saturated heterocycles. The van der Waals surface area contributed by atoms with E-state index in [9.17, 15) is 4.79 Å². The number of benzene rings is 2. The highest BCUT2D eigenvalue weighted by Gasteiger charge is 2.29. The van der Waals surface area contributed by atoms with Gasteiger partial charge in [0, 0.05) is 11.3 Å². The van der Waals surface area contributed by atoms with Crippen molar-refractivity contribution in [3.05, 3.63) is 71.7 Å². The van der Waals surface area contributed by atoms with Gasteiger partial charge in [-0.15, -0.1) is 0 Å². The summed E-state index contributed by atoms with van der Waals surface area (Å²) >= 11 is 0. The third-order valence-electron chi connectivity index (χ3n) is 5.33. The quantitative estimate of drug-likeness (QED) is 0.689. The summed E-state index contributed by atoms with van der Waals surface area (Å²) in [6, 6.07) is 16.6. The van der Waals surface area contributed by atoms with Crippen LogP contribution in [0.1, 0.15) is 30.3 Å². The van der Waals surface area contributed by atoms with E-state index >= 15 is 0 Å². The molecule has 3 aromatic rings. The zero-order valence-corrected chi connectivity index (χ0v) is 16.0. The topological polar surface area (TPSA) is 37.9 Å². The highest BCUT2D eigenvalue weighted by Crippen LogP contribution is 2.25. The molecule has 0 aliphatic carbocycles. The standard InChI is InChI=1S/C23H25N3O/c1-3-18-7-4-5-8-20(18)24-22(27)16-25-15-21(26-14-6-9-23(25)26)19-12-10-17(2)11-13-19/h4-5,7-8,10-13,15H,3,6,9,14,16H2,1-2H3/p+1. The summed E-state index contributed by atoms with van der Waals surface area (Å²) in [6.45, 7) is 5.57. The van der Waals surface area contributed by atoms with Gasteiger partial charge in [-0.1, -0.05) is 55.0 Å². The van der Waals surface area contributed by atoms with Gasteiger partial charge in [0.2, 0.25) is 0 Å². The van der Waals surface area contributed by atoms with E-state index in [2.05, 4.69) is 64.8 Å². The number of nitrogens with one attached hydrogen (secondary N) is 1. The molecule has 4 rings (SSSR count). The Bertz CT molecular complexity index is 970. The summed E-state index contributed by atoms with van der Waals surface area (Å²) in [5, 5.41) is 3.09. The van der Waals surface area contributed by atoms with Crippen molar-refractivity contribution in [2.24, 2.45) is 0 Å². The van der Waals surface area contributed by atoms with Crippen LogP contribution >= 0.6 is 0 Å². The van der Waals surface area contributed by atoms with Crippen LogP contribution in [-0.4, -0.2) is 10.5 Å². The summed E-state index contributed by atoms with van der Waals surface area (Å²) in [5.74, 6) is 1.26. The van der Waals surface area contributed by atoms with E-state index in [1.807, 2.05) is 18.2 Å². The minimum absolute atomic E-state index is 0.0247. The van der Waals surface area contributed by atoms with Crippen LogP contribution in [0.2, 0.25) is 0 Å². The number of carbonyl (C=O) groups is 1. The molecule has 2 heterocycles. The Morgan fingerprint density at radius 2 is 1.93 bits per heavy atom. The Labute approximate surface area is 160 Å². The van der Waals surface area contributed by atoms with Crippen LogP contribution < -0.4 is 9.88 Å². The van der Waals surface area contributed by atoms with Gasteiger partial charge >= 0.3 is 0 Å². The molecule has 138 valence electrons. The molecular weight excluding hydrogens is 334 g/mol. The molecule has 0 bridgehead atoms. The number of hydrogen-bond donors (Lipinski definition) is 1. The molecule has 0 fully saturated rings. The SMILES string of the molecule is CCc1ccccc1NC(=O)C[n+]1cc(-c2ccc(C)cc2)n2c1CCC2. The van der Waals surface area contributed by atoms with Gasteiger partial charge in [-0.25, -0.2) is 9.13 Å². The lowest BCUT2D eigenvalue weighted by molar-refractivity contribution is -0.690. The number of nitrogens with zero attached hydrogens (tertiary/aromatic N) is 2. The van der Waals surface area contributed by atoms with Crippen LogP contribution in [-0.2, 0) is 30.7 Å². The fourth-order valence-electron chi connectivity index (χ4n) is 3.90. The third kappa shape index (κ3) is 3.52. The van der Waals surface area contributed by atoms with Crippen LogP contribution in [0.15, 0.2) is 54.7 Å². The zero-order chi connectivity index (χ0) is 18.8. The molecule has 4 nitrogen and oxygen atoms in total. The molecule has 2 aromatic carbocycles. The summed E-state index contributed by atoms with van der Waals surface area (Å²) in [5.41, 5.74) is 5.75. The van der Waals surface area contributed by atoms with Gasteiger partial charge in [-0.3, -0.25) is 4.79 Å². The van der Waals surface area contributed by atoms with Crippen molar-refractivity contribution in [2.75, 3.05) is 5.32 Å². The van der Waals surface area contributed by atoms with Crippen LogP contribution in [0.4, 0.5) is 5.69 Å². The van der Waals surface area contributed by atoms with Crippen molar-refractivity contribution in [3.8, 4) is 11.3 Å². The number of carbonyl (C=O) groups excluding carboxylic acids is 1. The van der Waals surface area contributed by atoms with Crippen LogP contribution in [0.3, 0.4) is 0 Å². The van der Waals surface area contributed by atoms with Gasteiger partial charge in [0.15, 0.2) is 12.2 Å². The van der Waals surface area contributed by atoms with Crippen LogP contribution in [0, 0.1) is 6.92 Å². The van der Waals surface area contributed by atoms with E-state index in [0.29, 0.717) is 6.54 Å². The predicted molar refractivity (Wildman–Crippen MR) is 108 cm³/mol. The Hall–Kier alpha value is -2.88. The summed E-state index contributed by atoms with van der Waals surface area (Å²) in [6.07, 6.45) is 5.19. The second-order valence-corrected chi connectivity index (χ2v) is 7.24. The van der Waals surface area contributed by atoms with Crippen LogP contribution in [0.25, 0.3) is 11.3 Å². The predicted octanol–water partition coefficient (Wildman–Crippen LogP) is 3.90. The monoisotopic (exact) mass is 360 g/mol. The normalized spacial score (nSPS) is 12.8. The third-order valence-corrected chi connectivity index (χ3v) is 5.33. The molecule has 0 spiro atoms. The first-order chi connectivity index (χ1) is 13.2. The summed E-state index contributed by atoms with van der Waals surface area (Å²) in [7, 11) is 0. The fourth-order valence-corrected chi connectivity index (χ4v) is 3.90. The van der Waals surface area contributed by atoms with E-state index in [4.69, 9.17) is 0 Å². The van der Waals surface area contributed by atoms with Crippen LogP contribution in [0.5, 0.6) is 0 Å². The number of aromatic nitrogens is 2. The molecule has 1 aliphatic rings. The average Bonchev–Trinajstić information content (AvgIpc) is 3.27. The lowest BCUT2D eigenvalue weighted by atomic mass is 10.1. The molecular formula is C23H26N3O+. The molecule has 1 aliphatic heterocycles. The highest BCUT2D eigenvalue weighted by atomic mass is 16.1. The Kier molecular flexibility index (Phi) is 4.80. The number of para-hydroxylation sites is 1. The maximum Gasteiger partial charge on any atom is 0.266 e. The van der Waals surface area contributed by atoms with E-state index in [1.54, 1.807) is 0 Å². The molecule has 1 aromatic heterocycles. The maximum absolute atomic E-state index is 12.7. The second-order valence-electron chi connectivity index (χ2n) is 7.24. The number of anilines is 1. The maximum atomic E-state index is 12.7. The van der Waals surface area contributed by atoms with Gasteiger partial charge in [0.1, 0.15) is 6.20 Å². The first kappa shape index (κ1) is 17.5. The van der Waals surface area contributed by atoms with E-state index in [0.717, 1.165) is 31.5 Å². The molecule has 0 saturated carbocycles. The van der Waals surface area contributed by atoms with Crippen molar-refractivity contribution in [1.29, 1.82) is 0 Å². The van der Waals surface area contributed by atoms with Gasteiger partial charge in [-0.05, 0) is 31.4 Å². The average molecular weight is 360 g/mol. The minimum atomic E-state index is 0.0247. The Balaban J connectivity index is 1.58. The summed E-state index contributed by atoms with van der Waals surface area (Å²) < 4.78 is 4.48. The largest absolute Gasteiger partial charge is 0.322 e. The minimum Gasteiger partial charge on any atom is -0.322 e. The van der Waals surface area contributed by atoms with Gasteiger partial charge in [0.05, 0.1) is 13.0 Å². The van der Waals surface area contributed by atoms with E-state index in [-0.39, 0.29) is 5.91 Å². The Morgan fingerprint density at radius 1 is 1.15 bits per heavy atom. The smallest absolute Gasteiger partial charge is 0.266 e. The molecule has 1 N–H and O–H groups in total. The number of rotatable bonds is 5. The first-order valence-electron chi connectivity index (χ1n) is 9.72. The molecule has 0 atom stereocenters.